The summed E-state index contributed by atoms with van der Waals surface area (Å²) in [5, 5.41) is 22.0. The van der Waals surface area contributed by atoms with Gasteiger partial charge in [-0.25, -0.2) is 4.99 Å². The highest BCUT2D eigenvalue weighted by atomic mass is 127. The second kappa shape index (κ2) is 10.1. The normalized spacial score (nSPS) is 16.3. The fourth-order valence-corrected chi connectivity index (χ4v) is 6.85. The van der Waals surface area contributed by atoms with E-state index in [1.165, 1.54) is 23.0 Å². The van der Waals surface area contributed by atoms with Gasteiger partial charge in [0.05, 0.1) is 31.4 Å². The number of non-ortho nitro benzene ring substituents is 1. The number of rotatable bonds is 5. The minimum absolute atomic E-state index is 0.0212. The molecule has 1 N–H and O–H groups in total. The lowest BCUT2D eigenvalue weighted by Gasteiger charge is -2.30. The Bertz CT molecular complexity index is 1870. The van der Waals surface area contributed by atoms with Crippen LogP contribution in [0, 0.1) is 13.7 Å². The summed E-state index contributed by atoms with van der Waals surface area (Å²) in [5.41, 5.74) is 5.18. The highest BCUT2D eigenvalue weighted by Gasteiger charge is 2.33. The first-order valence-corrected chi connectivity index (χ1v) is 14.3. The number of aromatic nitrogens is 1. The molecule has 8 nitrogen and oxygen atoms in total. The first kappa shape index (κ1) is 25.5. The number of hydrogen-bond donors (Lipinski definition) is 1. The van der Waals surface area contributed by atoms with Crippen molar-refractivity contribution >= 4 is 51.4 Å². The topological polar surface area (TPSA) is 107 Å². The maximum atomic E-state index is 13.9. The molecule has 39 heavy (non-hydrogen) atoms. The van der Waals surface area contributed by atoms with Crippen LogP contribution in [-0.2, 0) is 6.42 Å². The summed E-state index contributed by atoms with van der Waals surface area (Å²) < 4.78 is 8.32. The van der Waals surface area contributed by atoms with Gasteiger partial charge in [-0.05, 0) is 82.8 Å². The number of aromatic hydroxyl groups is 1. The predicted octanol–water partition coefficient (Wildman–Crippen LogP) is 4.94. The van der Waals surface area contributed by atoms with Crippen LogP contribution in [0.3, 0.4) is 0 Å². The molecule has 1 aliphatic carbocycles. The fourth-order valence-electron chi connectivity index (χ4n) is 5.22. The van der Waals surface area contributed by atoms with Crippen LogP contribution in [0.15, 0.2) is 76.0 Å². The number of ether oxygens (including phenoxy) is 1. The van der Waals surface area contributed by atoms with Gasteiger partial charge in [-0.3, -0.25) is 19.5 Å². The molecule has 0 fully saturated rings. The average Bonchev–Trinajstić information content (AvgIpc) is 3.24. The van der Waals surface area contributed by atoms with E-state index in [-0.39, 0.29) is 17.0 Å². The summed E-state index contributed by atoms with van der Waals surface area (Å²) in [7, 11) is 0. The number of nitro benzene ring substituents is 1. The van der Waals surface area contributed by atoms with Crippen LogP contribution < -0.4 is 19.6 Å². The molecule has 6 rings (SSSR count). The lowest BCUT2D eigenvalue weighted by Crippen LogP contribution is -2.38. The van der Waals surface area contributed by atoms with E-state index in [0.29, 0.717) is 42.8 Å². The molecule has 4 aromatic rings. The van der Waals surface area contributed by atoms with E-state index in [1.54, 1.807) is 34.9 Å². The molecule has 1 atom stereocenters. The van der Waals surface area contributed by atoms with E-state index in [9.17, 15) is 20.0 Å². The van der Waals surface area contributed by atoms with Crippen molar-refractivity contribution in [2.24, 2.45) is 4.99 Å². The quantitative estimate of drug-likeness (QED) is 0.187. The molecule has 1 aromatic heterocycles. The van der Waals surface area contributed by atoms with Gasteiger partial charge in [0.1, 0.15) is 0 Å². The van der Waals surface area contributed by atoms with Crippen molar-refractivity contribution in [1.29, 1.82) is 0 Å². The second-order valence-electron chi connectivity index (χ2n) is 9.25. The molecule has 0 saturated heterocycles. The summed E-state index contributed by atoms with van der Waals surface area (Å²) in [6.07, 6.45) is 3.27. The highest BCUT2D eigenvalue weighted by Crippen LogP contribution is 2.41. The molecule has 0 saturated carbocycles. The zero-order valence-corrected chi connectivity index (χ0v) is 23.7. The third-order valence-corrected chi connectivity index (χ3v) is 8.72. The maximum absolute atomic E-state index is 13.9. The van der Waals surface area contributed by atoms with Gasteiger partial charge < -0.3 is 9.84 Å². The van der Waals surface area contributed by atoms with Crippen molar-refractivity contribution in [3.63, 3.8) is 0 Å². The number of thiazole rings is 1. The van der Waals surface area contributed by atoms with Crippen molar-refractivity contribution in [1.82, 2.24) is 4.57 Å². The molecule has 0 spiro atoms. The summed E-state index contributed by atoms with van der Waals surface area (Å²) in [5.74, 6) is 0.415. The number of phenols is 1. The molecule has 3 aromatic carbocycles. The van der Waals surface area contributed by atoms with Gasteiger partial charge in [-0.2, -0.15) is 0 Å². The van der Waals surface area contributed by atoms with Crippen LogP contribution >= 0.6 is 33.9 Å². The number of allylic oxidation sites excluding steroid dienone is 1. The van der Waals surface area contributed by atoms with Crippen molar-refractivity contribution in [2.75, 3.05) is 6.61 Å². The number of nitrogens with zero attached hydrogens (tertiary/aromatic N) is 3. The highest BCUT2D eigenvalue weighted by molar-refractivity contribution is 14.1. The third kappa shape index (κ3) is 4.47. The number of hydrogen-bond acceptors (Lipinski definition) is 7. The second-order valence-corrected chi connectivity index (χ2v) is 11.4. The summed E-state index contributed by atoms with van der Waals surface area (Å²) in [6.45, 7) is 2.23. The molecular formula is C29H22IN3O5S. The number of benzene rings is 3. The van der Waals surface area contributed by atoms with E-state index >= 15 is 0 Å². The molecule has 0 bridgehead atoms. The van der Waals surface area contributed by atoms with E-state index in [1.807, 2.05) is 53.8 Å². The largest absolute Gasteiger partial charge is 0.504 e. The summed E-state index contributed by atoms with van der Waals surface area (Å²) in [4.78, 5) is 30.7. The van der Waals surface area contributed by atoms with Gasteiger partial charge in [0.2, 0.25) is 0 Å². The first-order chi connectivity index (χ1) is 18.9. The Morgan fingerprint density at radius 1 is 1.21 bits per heavy atom. The summed E-state index contributed by atoms with van der Waals surface area (Å²) in [6, 6.07) is 17.6. The van der Waals surface area contributed by atoms with Crippen LogP contribution in [0.1, 0.15) is 41.6 Å². The Morgan fingerprint density at radius 3 is 2.82 bits per heavy atom. The zero-order chi connectivity index (χ0) is 27.3. The fraction of sp³-hybridized carbons (Fsp3) is 0.172. The van der Waals surface area contributed by atoms with Gasteiger partial charge >= 0.3 is 0 Å². The van der Waals surface area contributed by atoms with Crippen LogP contribution in [0.4, 0.5) is 5.69 Å². The van der Waals surface area contributed by atoms with Crippen LogP contribution in [0.5, 0.6) is 11.5 Å². The van der Waals surface area contributed by atoms with Gasteiger partial charge in [0, 0.05) is 17.7 Å². The molecule has 2 aliphatic rings. The van der Waals surface area contributed by atoms with Gasteiger partial charge in [-0.1, -0.05) is 47.7 Å². The number of phenolic OH excluding ortho intramolecular Hbond substituents is 1. The molecule has 0 radical (unpaired) electrons. The number of aryl methyl sites for hydroxylation is 1. The zero-order valence-electron chi connectivity index (χ0n) is 20.8. The minimum atomic E-state index is -0.509. The molecule has 0 amide bonds. The third-order valence-electron chi connectivity index (χ3n) is 6.92. The van der Waals surface area contributed by atoms with Crippen LogP contribution in [0.2, 0.25) is 0 Å². The van der Waals surface area contributed by atoms with Crippen LogP contribution in [0.25, 0.3) is 11.8 Å². The predicted molar refractivity (Wildman–Crippen MR) is 158 cm³/mol. The lowest BCUT2D eigenvalue weighted by atomic mass is 9.83. The number of nitro groups is 1. The number of fused-ring (bicyclic) bond motifs is 3. The maximum Gasteiger partial charge on any atom is 0.271 e. The lowest BCUT2D eigenvalue weighted by molar-refractivity contribution is -0.384. The Morgan fingerprint density at radius 2 is 2.03 bits per heavy atom. The Kier molecular flexibility index (Phi) is 6.59. The Hall–Kier alpha value is -3.77. The van der Waals surface area contributed by atoms with Gasteiger partial charge in [0.15, 0.2) is 16.3 Å². The van der Waals surface area contributed by atoms with E-state index < -0.39 is 11.0 Å². The van der Waals surface area contributed by atoms with Crippen molar-refractivity contribution < 1.29 is 14.8 Å². The monoisotopic (exact) mass is 651 g/mol. The van der Waals surface area contributed by atoms with E-state index in [0.717, 1.165) is 23.3 Å². The number of halogens is 1. The van der Waals surface area contributed by atoms with Crippen molar-refractivity contribution in [3.8, 4) is 11.5 Å². The van der Waals surface area contributed by atoms with Crippen LogP contribution in [-0.4, -0.2) is 21.2 Å². The first-order valence-electron chi connectivity index (χ1n) is 12.4. The molecule has 1 aliphatic heterocycles. The smallest absolute Gasteiger partial charge is 0.271 e. The summed E-state index contributed by atoms with van der Waals surface area (Å²) >= 11 is 3.31. The van der Waals surface area contributed by atoms with Gasteiger partial charge in [-0.15, -0.1) is 0 Å². The van der Waals surface area contributed by atoms with Crippen molar-refractivity contribution in [3.05, 3.63) is 122 Å². The van der Waals surface area contributed by atoms with Crippen molar-refractivity contribution in [2.45, 2.75) is 25.8 Å². The Balaban J connectivity index is 1.60. The van der Waals surface area contributed by atoms with E-state index in [2.05, 4.69) is 6.07 Å². The molecule has 196 valence electrons. The van der Waals surface area contributed by atoms with E-state index in [4.69, 9.17) is 9.73 Å². The standard InChI is InChI=1S/C29H22IN3O5S/c1-2-38-23-13-16(12-22(30)27(23)34)14-24-28(35)32-26(18-7-5-8-19(15-18)33(36)37)21-11-10-17-6-3-4-9-20(17)25(21)31-29(32)39-24/h3-9,12-15,26,34H,2,10-11H2,1H3/b24-14+/t26-/m1/s1. The molecule has 10 heteroatoms. The average molecular weight is 651 g/mol. The SMILES string of the molecule is CCOc1cc(/C=c2/sc3n(c2=O)[C@H](c2cccc([N+](=O)[O-])c2)C2=C(N=3)c3ccccc3CC2)cc(I)c1O. The molecule has 2 heterocycles. The molecule has 0 unspecified atom stereocenters. The molecular weight excluding hydrogens is 629 g/mol. The Labute approximate surface area is 240 Å². The minimum Gasteiger partial charge on any atom is -0.504 e. The van der Waals surface area contributed by atoms with Gasteiger partial charge in [0.25, 0.3) is 11.2 Å².